The van der Waals surface area contributed by atoms with E-state index >= 15 is 0 Å². The van der Waals surface area contributed by atoms with Crippen LogP contribution in [0.1, 0.15) is 29.7 Å². The van der Waals surface area contributed by atoms with Gasteiger partial charge in [0.25, 0.3) is 5.91 Å². The molecule has 28 heavy (non-hydrogen) atoms. The first-order valence-electron chi connectivity index (χ1n) is 10.1. The maximum Gasteiger partial charge on any atom is 0.274 e. The molecule has 3 aromatic rings. The molecular weight excluding hydrogens is 350 g/mol. The molecule has 0 saturated carbocycles. The van der Waals surface area contributed by atoms with Gasteiger partial charge in [-0.25, -0.2) is 4.98 Å². The van der Waals surface area contributed by atoms with E-state index in [2.05, 4.69) is 44.6 Å². The summed E-state index contributed by atoms with van der Waals surface area (Å²) in [5.74, 6) is 1.77. The Morgan fingerprint density at radius 3 is 2.75 bits per heavy atom. The number of amides is 1. The zero-order valence-electron chi connectivity index (χ0n) is 16.2. The second-order valence-corrected chi connectivity index (χ2v) is 7.99. The minimum Gasteiger partial charge on any atom is -0.366 e. The molecule has 2 aliphatic heterocycles. The lowest BCUT2D eigenvalue weighted by molar-refractivity contribution is 0.0741. The number of pyridine rings is 1. The van der Waals surface area contributed by atoms with Crippen LogP contribution < -0.4 is 4.90 Å². The summed E-state index contributed by atoms with van der Waals surface area (Å²) in [5, 5.41) is 2.37. The van der Waals surface area contributed by atoms with Gasteiger partial charge in [-0.3, -0.25) is 9.78 Å². The number of hydrogen-bond acceptors (Lipinski definition) is 4. The Morgan fingerprint density at radius 2 is 1.89 bits per heavy atom. The van der Waals surface area contributed by atoms with E-state index in [1.165, 1.54) is 5.39 Å². The zero-order valence-corrected chi connectivity index (χ0v) is 16.2. The van der Waals surface area contributed by atoms with Crippen molar-refractivity contribution >= 4 is 22.4 Å². The third kappa shape index (κ3) is 3.03. The predicted octanol–water partition coefficient (Wildman–Crippen LogP) is 2.98. The van der Waals surface area contributed by atoms with Gasteiger partial charge in [-0.05, 0) is 12.3 Å². The molecule has 0 aliphatic carbocycles. The number of anilines is 1. The number of rotatable bonds is 2. The van der Waals surface area contributed by atoms with Crippen LogP contribution in [-0.2, 0) is 13.0 Å². The Kier molecular flexibility index (Phi) is 4.26. The third-order valence-corrected chi connectivity index (χ3v) is 6.03. The van der Waals surface area contributed by atoms with Gasteiger partial charge in [-0.2, -0.15) is 0 Å². The Labute approximate surface area is 164 Å². The van der Waals surface area contributed by atoms with E-state index in [1.807, 2.05) is 29.6 Å². The minimum absolute atomic E-state index is 0.0604. The second kappa shape index (κ2) is 6.93. The number of piperazine rings is 1. The largest absolute Gasteiger partial charge is 0.366 e. The Bertz CT molecular complexity index is 1010. The van der Waals surface area contributed by atoms with Crippen LogP contribution in [0.4, 0.5) is 5.69 Å². The number of carbonyl (C=O) groups is 1. The maximum atomic E-state index is 13.0. The first kappa shape index (κ1) is 17.2. The van der Waals surface area contributed by atoms with Gasteiger partial charge in [0.05, 0.1) is 11.9 Å². The van der Waals surface area contributed by atoms with Crippen molar-refractivity contribution < 1.29 is 4.79 Å². The van der Waals surface area contributed by atoms with Gasteiger partial charge in [-0.1, -0.05) is 31.2 Å². The van der Waals surface area contributed by atoms with Crippen molar-refractivity contribution in [3.05, 3.63) is 54.4 Å². The van der Waals surface area contributed by atoms with Gasteiger partial charge < -0.3 is 14.4 Å². The lowest BCUT2D eigenvalue weighted by atomic mass is 10.0. The number of aryl methyl sites for hydroxylation is 1. The molecule has 0 spiro atoms. The van der Waals surface area contributed by atoms with Crippen molar-refractivity contribution in [3.63, 3.8) is 0 Å². The van der Waals surface area contributed by atoms with Gasteiger partial charge in [-0.15, -0.1) is 0 Å². The van der Waals surface area contributed by atoms with Gasteiger partial charge in [0.1, 0.15) is 11.5 Å². The number of carbonyl (C=O) groups excluding carboxylic acids is 1. The molecule has 0 N–H and O–H groups in total. The van der Waals surface area contributed by atoms with Crippen LogP contribution in [0.3, 0.4) is 0 Å². The second-order valence-electron chi connectivity index (χ2n) is 7.99. The average molecular weight is 375 g/mol. The maximum absolute atomic E-state index is 13.0. The first-order chi connectivity index (χ1) is 13.7. The quantitative estimate of drug-likeness (QED) is 0.691. The topological polar surface area (TPSA) is 54.3 Å². The van der Waals surface area contributed by atoms with Crippen molar-refractivity contribution in [1.29, 1.82) is 0 Å². The third-order valence-electron chi connectivity index (χ3n) is 6.03. The first-order valence-corrected chi connectivity index (χ1v) is 10.1. The molecule has 1 aromatic carbocycles. The van der Waals surface area contributed by atoms with Crippen molar-refractivity contribution in [1.82, 2.24) is 19.4 Å². The van der Waals surface area contributed by atoms with Crippen LogP contribution in [0.25, 0.3) is 10.8 Å². The van der Waals surface area contributed by atoms with Crippen molar-refractivity contribution in [2.45, 2.75) is 26.3 Å². The summed E-state index contributed by atoms with van der Waals surface area (Å²) in [4.78, 5) is 26.3. The molecule has 6 nitrogen and oxygen atoms in total. The molecule has 1 fully saturated rings. The van der Waals surface area contributed by atoms with Crippen LogP contribution in [0, 0.1) is 5.92 Å². The van der Waals surface area contributed by atoms with E-state index in [-0.39, 0.29) is 5.91 Å². The van der Waals surface area contributed by atoms with E-state index < -0.39 is 0 Å². The summed E-state index contributed by atoms with van der Waals surface area (Å²) in [7, 11) is 0. The number of fused-ring (bicyclic) bond motifs is 2. The number of benzene rings is 1. The van der Waals surface area contributed by atoms with Gasteiger partial charge in [0.2, 0.25) is 0 Å². The van der Waals surface area contributed by atoms with E-state index in [0.717, 1.165) is 49.4 Å². The number of hydrogen-bond donors (Lipinski definition) is 0. The molecule has 1 atom stereocenters. The highest BCUT2D eigenvalue weighted by molar-refractivity contribution is 5.94. The van der Waals surface area contributed by atoms with Gasteiger partial charge in [0, 0.05) is 62.3 Å². The van der Waals surface area contributed by atoms with E-state index in [0.29, 0.717) is 24.7 Å². The smallest absolute Gasteiger partial charge is 0.274 e. The molecule has 0 radical (unpaired) electrons. The fraction of sp³-hybridized carbons (Fsp3) is 0.409. The van der Waals surface area contributed by atoms with E-state index in [1.54, 1.807) is 0 Å². The van der Waals surface area contributed by atoms with Crippen LogP contribution in [0.15, 0.2) is 42.9 Å². The summed E-state index contributed by atoms with van der Waals surface area (Å²) in [6.45, 7) is 6.26. The van der Waals surface area contributed by atoms with Crippen molar-refractivity contribution in [2.24, 2.45) is 5.92 Å². The molecule has 1 unspecified atom stereocenters. The lowest BCUT2D eigenvalue weighted by Gasteiger charge is -2.36. The Morgan fingerprint density at radius 1 is 1.07 bits per heavy atom. The molecule has 6 heteroatoms. The highest BCUT2D eigenvalue weighted by Crippen LogP contribution is 2.27. The minimum atomic E-state index is 0.0604. The molecule has 1 saturated heterocycles. The standard InChI is InChI=1S/C22H25N5O/c1-16-6-7-27-15-19(24-21(27)12-16)22(28)26-10-8-25(9-11-26)20-14-23-13-17-4-2-3-5-18(17)20/h2-5,13-16H,6-12H2,1H3. The molecule has 144 valence electrons. The molecule has 0 bridgehead atoms. The lowest BCUT2D eigenvalue weighted by Crippen LogP contribution is -2.49. The van der Waals surface area contributed by atoms with Crippen LogP contribution in [0.5, 0.6) is 0 Å². The Hall–Kier alpha value is -2.89. The number of imidazole rings is 1. The summed E-state index contributed by atoms with van der Waals surface area (Å²) in [6.07, 6.45) is 7.92. The monoisotopic (exact) mass is 375 g/mol. The van der Waals surface area contributed by atoms with Crippen LogP contribution in [0.2, 0.25) is 0 Å². The molecule has 1 amide bonds. The van der Waals surface area contributed by atoms with E-state index in [9.17, 15) is 4.79 Å². The molecule has 5 rings (SSSR count). The highest BCUT2D eigenvalue weighted by Gasteiger charge is 2.26. The fourth-order valence-electron chi connectivity index (χ4n) is 4.35. The van der Waals surface area contributed by atoms with Gasteiger partial charge in [0.15, 0.2) is 0 Å². The summed E-state index contributed by atoms with van der Waals surface area (Å²) < 4.78 is 2.16. The number of aromatic nitrogens is 3. The van der Waals surface area contributed by atoms with Crippen molar-refractivity contribution in [3.8, 4) is 0 Å². The Balaban J connectivity index is 1.30. The summed E-state index contributed by atoms with van der Waals surface area (Å²) in [6, 6.07) is 8.33. The summed E-state index contributed by atoms with van der Waals surface area (Å²) >= 11 is 0. The van der Waals surface area contributed by atoms with Gasteiger partial charge >= 0.3 is 0 Å². The fourth-order valence-corrected chi connectivity index (χ4v) is 4.35. The molecule has 4 heterocycles. The normalized spacial score (nSPS) is 19.7. The predicted molar refractivity (Wildman–Crippen MR) is 110 cm³/mol. The molecule has 2 aliphatic rings. The highest BCUT2D eigenvalue weighted by atomic mass is 16.2. The van der Waals surface area contributed by atoms with Crippen LogP contribution >= 0.6 is 0 Å². The molecular formula is C22H25N5O. The molecule has 2 aromatic heterocycles. The van der Waals surface area contributed by atoms with Crippen molar-refractivity contribution in [2.75, 3.05) is 31.1 Å². The van der Waals surface area contributed by atoms with Crippen LogP contribution in [-0.4, -0.2) is 51.5 Å². The summed E-state index contributed by atoms with van der Waals surface area (Å²) in [5.41, 5.74) is 1.75. The van der Waals surface area contributed by atoms with E-state index in [4.69, 9.17) is 0 Å². The number of nitrogens with zero attached hydrogens (tertiary/aromatic N) is 5. The average Bonchev–Trinajstić information content (AvgIpc) is 3.16. The SMILES string of the molecule is CC1CCn2cc(C(=O)N3CCN(c4cncc5ccccc45)CC3)nc2C1. The zero-order chi connectivity index (χ0) is 19.1.